The summed E-state index contributed by atoms with van der Waals surface area (Å²) in [6.45, 7) is 2.53. The van der Waals surface area contributed by atoms with E-state index in [1.54, 1.807) is 12.3 Å². The molecule has 1 heterocycles. The highest BCUT2D eigenvalue weighted by atomic mass is 16.2. The minimum absolute atomic E-state index is 0.0961. The van der Waals surface area contributed by atoms with Gasteiger partial charge >= 0.3 is 0 Å². The summed E-state index contributed by atoms with van der Waals surface area (Å²) >= 11 is 0. The zero-order valence-electron chi connectivity index (χ0n) is 11.2. The summed E-state index contributed by atoms with van der Waals surface area (Å²) < 4.78 is 1.85. The van der Waals surface area contributed by atoms with Crippen LogP contribution in [0.3, 0.4) is 0 Å². The lowest BCUT2D eigenvalue weighted by Crippen LogP contribution is -2.36. The molecule has 1 aromatic carbocycles. The van der Waals surface area contributed by atoms with Crippen LogP contribution in [-0.2, 0) is 16.1 Å². The van der Waals surface area contributed by atoms with Crippen molar-refractivity contribution in [3.05, 3.63) is 24.4 Å². The lowest BCUT2D eigenvalue weighted by atomic mass is 10.2. The first-order chi connectivity index (χ1) is 9.63. The molecule has 20 heavy (non-hydrogen) atoms. The van der Waals surface area contributed by atoms with Crippen LogP contribution in [0, 0.1) is 0 Å². The SMILES string of the molecule is CCn1ncc2ccc(NC(=O)CNC(=O)CN)cc21. The van der Waals surface area contributed by atoms with E-state index < -0.39 is 0 Å². The second-order valence-corrected chi connectivity index (χ2v) is 4.26. The second kappa shape index (κ2) is 6.16. The van der Waals surface area contributed by atoms with Crippen LogP contribution >= 0.6 is 0 Å². The van der Waals surface area contributed by atoms with Crippen molar-refractivity contribution in [3.8, 4) is 0 Å². The van der Waals surface area contributed by atoms with Gasteiger partial charge in [0.2, 0.25) is 11.8 Å². The summed E-state index contributed by atoms with van der Waals surface area (Å²) in [5.41, 5.74) is 6.76. The molecule has 0 saturated heterocycles. The number of hydrogen-bond acceptors (Lipinski definition) is 4. The molecule has 0 atom stereocenters. The Labute approximate surface area is 116 Å². The number of carbonyl (C=O) groups excluding carboxylic acids is 2. The monoisotopic (exact) mass is 275 g/mol. The van der Waals surface area contributed by atoms with E-state index in [4.69, 9.17) is 5.73 Å². The number of fused-ring (bicyclic) bond motifs is 1. The van der Waals surface area contributed by atoms with Crippen LogP contribution in [-0.4, -0.2) is 34.7 Å². The standard InChI is InChI=1S/C13H17N5O2/c1-2-18-11-5-10(4-3-9(11)7-16-18)17-13(20)8-15-12(19)6-14/h3-5,7H,2,6,8,14H2,1H3,(H,15,19)(H,17,20). The predicted molar refractivity (Wildman–Crippen MR) is 76.1 cm³/mol. The topological polar surface area (TPSA) is 102 Å². The van der Waals surface area contributed by atoms with Gasteiger partial charge in [0.1, 0.15) is 0 Å². The van der Waals surface area contributed by atoms with Gasteiger partial charge in [-0.25, -0.2) is 0 Å². The van der Waals surface area contributed by atoms with Crippen LogP contribution in [0.2, 0.25) is 0 Å². The van der Waals surface area contributed by atoms with Crippen molar-refractivity contribution >= 4 is 28.4 Å². The van der Waals surface area contributed by atoms with Gasteiger partial charge in [0.25, 0.3) is 0 Å². The van der Waals surface area contributed by atoms with Gasteiger partial charge in [-0.15, -0.1) is 0 Å². The highest BCUT2D eigenvalue weighted by Crippen LogP contribution is 2.18. The number of nitrogens with zero attached hydrogens (tertiary/aromatic N) is 2. The Hall–Kier alpha value is -2.41. The Balaban J connectivity index is 2.05. The van der Waals surface area contributed by atoms with Crippen molar-refractivity contribution in [2.24, 2.45) is 5.73 Å². The highest BCUT2D eigenvalue weighted by molar-refractivity contribution is 5.96. The molecular weight excluding hydrogens is 258 g/mol. The van der Waals surface area contributed by atoms with Crippen molar-refractivity contribution in [2.75, 3.05) is 18.4 Å². The van der Waals surface area contributed by atoms with Gasteiger partial charge in [-0.05, 0) is 25.1 Å². The molecule has 2 aromatic rings. The van der Waals surface area contributed by atoms with E-state index >= 15 is 0 Å². The molecule has 0 radical (unpaired) electrons. The summed E-state index contributed by atoms with van der Waals surface area (Å²) in [6.07, 6.45) is 1.78. The molecule has 2 amide bonds. The number of benzene rings is 1. The number of rotatable bonds is 5. The quantitative estimate of drug-likeness (QED) is 0.718. The average Bonchev–Trinajstić information content (AvgIpc) is 2.87. The molecule has 7 nitrogen and oxygen atoms in total. The first kappa shape index (κ1) is 14.0. The van der Waals surface area contributed by atoms with Crippen molar-refractivity contribution < 1.29 is 9.59 Å². The molecule has 0 aliphatic carbocycles. The van der Waals surface area contributed by atoms with Crippen LogP contribution < -0.4 is 16.4 Å². The van der Waals surface area contributed by atoms with E-state index in [0.29, 0.717) is 5.69 Å². The fraction of sp³-hybridized carbons (Fsp3) is 0.308. The molecule has 1 aromatic heterocycles. The molecule has 0 fully saturated rings. The Morgan fingerprint density at radius 1 is 1.35 bits per heavy atom. The summed E-state index contributed by atoms with van der Waals surface area (Å²) in [7, 11) is 0. The van der Waals surface area contributed by atoms with Gasteiger partial charge in [0.05, 0.1) is 24.8 Å². The Morgan fingerprint density at radius 3 is 2.85 bits per heavy atom. The van der Waals surface area contributed by atoms with E-state index in [9.17, 15) is 9.59 Å². The Morgan fingerprint density at radius 2 is 2.15 bits per heavy atom. The maximum atomic E-state index is 11.7. The zero-order valence-corrected chi connectivity index (χ0v) is 11.2. The van der Waals surface area contributed by atoms with Gasteiger partial charge < -0.3 is 16.4 Å². The Bertz CT molecular complexity index is 635. The molecule has 2 rings (SSSR count). The van der Waals surface area contributed by atoms with Gasteiger partial charge in [-0.2, -0.15) is 5.10 Å². The van der Waals surface area contributed by atoms with E-state index in [1.165, 1.54) is 0 Å². The van der Waals surface area contributed by atoms with Crippen molar-refractivity contribution in [1.82, 2.24) is 15.1 Å². The number of aryl methyl sites for hydroxylation is 1. The maximum Gasteiger partial charge on any atom is 0.243 e. The lowest BCUT2D eigenvalue weighted by molar-refractivity contribution is -0.123. The number of anilines is 1. The number of hydrogen-bond donors (Lipinski definition) is 3. The third-order valence-electron chi connectivity index (χ3n) is 2.86. The molecule has 0 spiro atoms. The molecule has 0 bridgehead atoms. The fourth-order valence-corrected chi connectivity index (χ4v) is 1.86. The number of nitrogens with two attached hydrogens (primary N) is 1. The molecule has 0 unspecified atom stereocenters. The Kier molecular flexibility index (Phi) is 4.31. The normalized spacial score (nSPS) is 10.5. The van der Waals surface area contributed by atoms with Crippen molar-refractivity contribution in [1.29, 1.82) is 0 Å². The van der Waals surface area contributed by atoms with Crippen molar-refractivity contribution in [2.45, 2.75) is 13.5 Å². The van der Waals surface area contributed by atoms with Crippen LogP contribution in [0.15, 0.2) is 24.4 Å². The molecular formula is C13H17N5O2. The van der Waals surface area contributed by atoms with Crippen LogP contribution in [0.5, 0.6) is 0 Å². The van der Waals surface area contributed by atoms with Crippen molar-refractivity contribution in [3.63, 3.8) is 0 Å². The minimum atomic E-state index is -0.361. The summed E-state index contributed by atoms with van der Waals surface area (Å²) in [5, 5.41) is 10.4. The van der Waals surface area contributed by atoms with E-state index in [1.807, 2.05) is 23.7 Å². The largest absolute Gasteiger partial charge is 0.346 e. The predicted octanol–water partition coefficient (Wildman–Crippen LogP) is 0.0696. The number of amides is 2. The number of aromatic nitrogens is 2. The first-order valence-corrected chi connectivity index (χ1v) is 6.36. The molecule has 0 aliphatic heterocycles. The first-order valence-electron chi connectivity index (χ1n) is 6.36. The van der Waals surface area contributed by atoms with Gasteiger partial charge in [0.15, 0.2) is 0 Å². The van der Waals surface area contributed by atoms with Gasteiger partial charge in [-0.1, -0.05) is 0 Å². The van der Waals surface area contributed by atoms with Crippen LogP contribution in [0.1, 0.15) is 6.92 Å². The van der Waals surface area contributed by atoms with Crippen LogP contribution in [0.25, 0.3) is 10.9 Å². The maximum absolute atomic E-state index is 11.7. The molecule has 4 N–H and O–H groups in total. The third kappa shape index (κ3) is 3.12. The summed E-state index contributed by atoms with van der Waals surface area (Å²) in [5.74, 6) is -0.659. The molecule has 0 aliphatic rings. The summed E-state index contributed by atoms with van der Waals surface area (Å²) in [6, 6.07) is 5.55. The van der Waals surface area contributed by atoms with Crippen LogP contribution in [0.4, 0.5) is 5.69 Å². The molecule has 7 heteroatoms. The lowest BCUT2D eigenvalue weighted by Gasteiger charge is -2.07. The van der Waals surface area contributed by atoms with E-state index in [0.717, 1.165) is 17.4 Å². The highest BCUT2D eigenvalue weighted by Gasteiger charge is 2.07. The van der Waals surface area contributed by atoms with Gasteiger partial charge in [0, 0.05) is 17.6 Å². The third-order valence-corrected chi connectivity index (χ3v) is 2.86. The van der Waals surface area contributed by atoms with E-state index in [2.05, 4.69) is 15.7 Å². The number of nitrogens with one attached hydrogen (secondary N) is 2. The minimum Gasteiger partial charge on any atom is -0.346 e. The molecule has 106 valence electrons. The van der Waals surface area contributed by atoms with Gasteiger partial charge in [-0.3, -0.25) is 14.3 Å². The second-order valence-electron chi connectivity index (χ2n) is 4.26. The molecule has 0 saturated carbocycles. The smallest absolute Gasteiger partial charge is 0.243 e. The zero-order chi connectivity index (χ0) is 14.5. The number of carbonyl (C=O) groups is 2. The fourth-order valence-electron chi connectivity index (χ4n) is 1.86. The summed E-state index contributed by atoms with van der Waals surface area (Å²) in [4.78, 5) is 22.6. The average molecular weight is 275 g/mol. The van der Waals surface area contributed by atoms with E-state index in [-0.39, 0.29) is 24.9 Å².